The van der Waals surface area contributed by atoms with Crippen LogP contribution in [-0.4, -0.2) is 20.1 Å². The lowest BCUT2D eigenvalue weighted by atomic mass is 10.1. The zero-order chi connectivity index (χ0) is 16.4. The van der Waals surface area contributed by atoms with E-state index in [1.54, 1.807) is 18.3 Å². The largest absolute Gasteiger partial charge is 0.508 e. The second-order valence-corrected chi connectivity index (χ2v) is 5.36. The quantitative estimate of drug-likeness (QED) is 0.594. The first kappa shape index (κ1) is 14.1. The van der Waals surface area contributed by atoms with E-state index >= 15 is 0 Å². The Kier molecular flexibility index (Phi) is 3.51. The average molecular weight is 314 g/mol. The van der Waals surface area contributed by atoms with Crippen molar-refractivity contribution in [3.05, 3.63) is 73.3 Å². The number of hydrogen-bond donors (Lipinski definition) is 2. The summed E-state index contributed by atoms with van der Waals surface area (Å²) in [5.41, 5.74) is 2.67. The molecule has 0 aliphatic carbocycles. The molecule has 0 bridgehead atoms. The summed E-state index contributed by atoms with van der Waals surface area (Å²) in [7, 11) is 0. The molecule has 5 nitrogen and oxygen atoms in total. The summed E-state index contributed by atoms with van der Waals surface area (Å²) in [6.45, 7) is 0. The molecule has 116 valence electrons. The van der Waals surface area contributed by atoms with Crippen molar-refractivity contribution in [2.75, 3.05) is 5.32 Å². The fourth-order valence-corrected chi connectivity index (χ4v) is 2.59. The topological polar surface area (TPSA) is 70.9 Å². The van der Waals surface area contributed by atoms with Gasteiger partial charge in [-0.15, -0.1) is 0 Å². The van der Waals surface area contributed by atoms with E-state index in [1.807, 2.05) is 48.7 Å². The molecular formula is C19H14N4O. The Labute approximate surface area is 138 Å². The van der Waals surface area contributed by atoms with E-state index in [4.69, 9.17) is 0 Å². The second-order valence-electron chi connectivity index (χ2n) is 5.36. The van der Waals surface area contributed by atoms with Gasteiger partial charge in [0, 0.05) is 40.5 Å². The monoisotopic (exact) mass is 314 g/mol. The predicted octanol–water partition coefficient (Wildman–Crippen LogP) is 4.14. The van der Waals surface area contributed by atoms with Gasteiger partial charge in [0.25, 0.3) is 0 Å². The summed E-state index contributed by atoms with van der Waals surface area (Å²) in [6.07, 6.45) is 5.13. The third-order valence-corrected chi connectivity index (χ3v) is 3.77. The van der Waals surface area contributed by atoms with Gasteiger partial charge in [-0.05, 0) is 36.4 Å². The lowest BCUT2D eigenvalue weighted by Crippen LogP contribution is -1.96. The van der Waals surface area contributed by atoms with Gasteiger partial charge >= 0.3 is 0 Å². The molecule has 0 aliphatic heterocycles. The van der Waals surface area contributed by atoms with Gasteiger partial charge in [-0.1, -0.05) is 12.1 Å². The first-order valence-corrected chi connectivity index (χ1v) is 7.51. The van der Waals surface area contributed by atoms with Gasteiger partial charge in [0.2, 0.25) is 0 Å². The van der Waals surface area contributed by atoms with E-state index in [-0.39, 0.29) is 5.75 Å². The Balaban J connectivity index is 1.70. The van der Waals surface area contributed by atoms with Crippen LogP contribution in [0.2, 0.25) is 0 Å². The number of anilines is 2. The van der Waals surface area contributed by atoms with Crippen LogP contribution in [0, 0.1) is 0 Å². The van der Waals surface area contributed by atoms with Crippen molar-refractivity contribution in [1.29, 1.82) is 0 Å². The number of fused-ring (bicyclic) bond motifs is 1. The maximum absolute atomic E-state index is 9.40. The molecule has 2 N–H and O–H groups in total. The Morgan fingerprint density at radius 2 is 1.79 bits per heavy atom. The SMILES string of the molecule is Oc1ccc(-c2cc(Nc3cccc4cnccc34)ncn2)cc1. The van der Waals surface area contributed by atoms with E-state index in [1.165, 1.54) is 6.33 Å². The predicted molar refractivity (Wildman–Crippen MR) is 94.2 cm³/mol. The fraction of sp³-hybridized carbons (Fsp3) is 0. The molecule has 2 aromatic heterocycles. The van der Waals surface area contributed by atoms with Crippen LogP contribution in [0.1, 0.15) is 0 Å². The van der Waals surface area contributed by atoms with Gasteiger partial charge in [-0.3, -0.25) is 4.98 Å². The van der Waals surface area contributed by atoms with E-state index in [0.717, 1.165) is 27.7 Å². The van der Waals surface area contributed by atoms with E-state index in [2.05, 4.69) is 20.3 Å². The number of nitrogens with zero attached hydrogens (tertiary/aromatic N) is 3. The number of nitrogens with one attached hydrogen (secondary N) is 1. The van der Waals surface area contributed by atoms with Crippen molar-refractivity contribution in [1.82, 2.24) is 15.0 Å². The molecule has 0 amide bonds. The molecule has 24 heavy (non-hydrogen) atoms. The van der Waals surface area contributed by atoms with Gasteiger partial charge in [0.15, 0.2) is 0 Å². The van der Waals surface area contributed by atoms with Crippen LogP contribution >= 0.6 is 0 Å². The zero-order valence-electron chi connectivity index (χ0n) is 12.7. The van der Waals surface area contributed by atoms with Crippen molar-refractivity contribution in [3.63, 3.8) is 0 Å². The smallest absolute Gasteiger partial charge is 0.134 e. The second kappa shape index (κ2) is 5.96. The maximum atomic E-state index is 9.40. The molecule has 2 heterocycles. The van der Waals surface area contributed by atoms with Crippen LogP contribution in [0.25, 0.3) is 22.0 Å². The molecule has 0 atom stereocenters. The van der Waals surface area contributed by atoms with Gasteiger partial charge in [-0.25, -0.2) is 9.97 Å². The normalized spacial score (nSPS) is 10.7. The molecule has 0 spiro atoms. The Morgan fingerprint density at radius 1 is 0.917 bits per heavy atom. The van der Waals surface area contributed by atoms with Crippen molar-refractivity contribution < 1.29 is 5.11 Å². The molecule has 0 radical (unpaired) electrons. The van der Waals surface area contributed by atoms with Crippen LogP contribution < -0.4 is 5.32 Å². The third-order valence-electron chi connectivity index (χ3n) is 3.77. The first-order valence-electron chi connectivity index (χ1n) is 7.51. The highest BCUT2D eigenvalue weighted by molar-refractivity contribution is 5.94. The minimum Gasteiger partial charge on any atom is -0.508 e. The molecule has 0 saturated carbocycles. The summed E-state index contributed by atoms with van der Waals surface area (Å²) in [5, 5.41) is 14.9. The van der Waals surface area contributed by atoms with Crippen LogP contribution in [0.15, 0.2) is 73.3 Å². The molecule has 0 saturated heterocycles. The highest BCUT2D eigenvalue weighted by Crippen LogP contribution is 2.27. The number of aromatic hydroxyl groups is 1. The fourth-order valence-electron chi connectivity index (χ4n) is 2.59. The summed E-state index contributed by atoms with van der Waals surface area (Å²) in [5.74, 6) is 0.938. The van der Waals surface area contributed by atoms with Crippen LogP contribution in [0.3, 0.4) is 0 Å². The molecule has 4 aromatic rings. The highest BCUT2D eigenvalue weighted by Gasteiger charge is 2.05. The minimum atomic E-state index is 0.232. The molecular weight excluding hydrogens is 300 g/mol. The van der Waals surface area contributed by atoms with Crippen molar-refractivity contribution in [2.45, 2.75) is 0 Å². The number of hydrogen-bond acceptors (Lipinski definition) is 5. The van der Waals surface area contributed by atoms with E-state index in [9.17, 15) is 5.11 Å². The summed E-state index contributed by atoms with van der Waals surface area (Å²) < 4.78 is 0. The number of aromatic nitrogens is 3. The van der Waals surface area contributed by atoms with E-state index in [0.29, 0.717) is 5.82 Å². The highest BCUT2D eigenvalue weighted by atomic mass is 16.3. The van der Waals surface area contributed by atoms with Crippen molar-refractivity contribution in [3.8, 4) is 17.0 Å². The molecule has 0 unspecified atom stereocenters. The Morgan fingerprint density at radius 3 is 2.67 bits per heavy atom. The Bertz CT molecular complexity index is 994. The Hall–Kier alpha value is -3.47. The number of rotatable bonds is 3. The summed E-state index contributed by atoms with van der Waals surface area (Å²) in [4.78, 5) is 12.7. The third kappa shape index (κ3) is 2.75. The zero-order valence-corrected chi connectivity index (χ0v) is 12.7. The van der Waals surface area contributed by atoms with Gasteiger partial charge in [0.1, 0.15) is 17.9 Å². The van der Waals surface area contributed by atoms with Crippen molar-refractivity contribution in [2.24, 2.45) is 0 Å². The number of benzene rings is 2. The maximum Gasteiger partial charge on any atom is 0.134 e. The summed E-state index contributed by atoms with van der Waals surface area (Å²) >= 11 is 0. The molecule has 2 aromatic carbocycles. The van der Waals surface area contributed by atoms with Crippen LogP contribution in [0.5, 0.6) is 5.75 Å². The van der Waals surface area contributed by atoms with Crippen molar-refractivity contribution >= 4 is 22.3 Å². The lowest BCUT2D eigenvalue weighted by Gasteiger charge is -2.10. The molecule has 5 heteroatoms. The number of phenols is 1. The molecule has 4 rings (SSSR count). The van der Waals surface area contributed by atoms with Crippen LogP contribution in [-0.2, 0) is 0 Å². The van der Waals surface area contributed by atoms with Gasteiger partial charge in [0.05, 0.1) is 5.69 Å². The molecule has 0 fully saturated rings. The lowest BCUT2D eigenvalue weighted by molar-refractivity contribution is 0.475. The summed E-state index contributed by atoms with van der Waals surface area (Å²) in [6, 6.07) is 16.8. The number of pyridine rings is 1. The van der Waals surface area contributed by atoms with Gasteiger partial charge in [-0.2, -0.15) is 0 Å². The van der Waals surface area contributed by atoms with E-state index < -0.39 is 0 Å². The number of phenolic OH excluding ortho intramolecular Hbond substituents is 1. The molecule has 0 aliphatic rings. The average Bonchev–Trinajstić information content (AvgIpc) is 2.63. The van der Waals surface area contributed by atoms with Gasteiger partial charge < -0.3 is 10.4 Å². The van der Waals surface area contributed by atoms with Crippen LogP contribution in [0.4, 0.5) is 11.5 Å². The standard InChI is InChI=1S/C19H14N4O/c24-15-6-4-13(5-7-15)18-10-19(22-12-21-18)23-17-3-1-2-14-11-20-9-8-16(14)17/h1-12,24H,(H,21,22,23). The minimum absolute atomic E-state index is 0.232. The first-order chi connectivity index (χ1) is 11.8.